The summed E-state index contributed by atoms with van der Waals surface area (Å²) in [7, 11) is 0. The number of nitrogens with zero attached hydrogens (tertiary/aromatic N) is 3. The smallest absolute Gasteiger partial charge is 0.253 e. The highest BCUT2D eigenvalue weighted by atomic mass is 35.5. The Bertz CT molecular complexity index is 1170. The van der Waals surface area contributed by atoms with Crippen LogP contribution in [0.5, 0.6) is 0 Å². The van der Waals surface area contributed by atoms with Crippen LogP contribution in [0.2, 0.25) is 5.02 Å². The van der Waals surface area contributed by atoms with E-state index in [0.717, 1.165) is 33.4 Å². The summed E-state index contributed by atoms with van der Waals surface area (Å²) in [5, 5.41) is 11.6. The molecule has 3 aromatic heterocycles. The second-order valence-corrected chi connectivity index (χ2v) is 7.05. The zero-order chi connectivity index (χ0) is 20.2. The molecule has 0 atom stereocenters. The first-order valence-corrected chi connectivity index (χ1v) is 9.49. The van der Waals surface area contributed by atoms with Gasteiger partial charge in [-0.1, -0.05) is 17.7 Å². The summed E-state index contributed by atoms with van der Waals surface area (Å²) in [6.07, 6.45) is 5.63. The molecule has 4 aromatic rings. The van der Waals surface area contributed by atoms with Crippen molar-refractivity contribution >= 4 is 28.4 Å². The van der Waals surface area contributed by atoms with Crippen LogP contribution in [0.25, 0.3) is 10.9 Å². The second kappa shape index (κ2) is 8.38. The van der Waals surface area contributed by atoms with Gasteiger partial charge in [-0.25, -0.2) is 0 Å². The molecule has 0 bridgehead atoms. The van der Waals surface area contributed by atoms with Gasteiger partial charge in [0.1, 0.15) is 0 Å². The number of nitrogens with one attached hydrogen (secondary N) is 2. The first-order valence-electron chi connectivity index (χ1n) is 9.11. The van der Waals surface area contributed by atoms with Crippen LogP contribution >= 0.6 is 11.6 Å². The molecular weight excluding hydrogens is 388 g/mol. The average molecular weight is 407 g/mol. The number of carbonyl (C=O) groups is 1. The summed E-state index contributed by atoms with van der Waals surface area (Å²) in [5.41, 5.74) is 10.6. The van der Waals surface area contributed by atoms with Crippen molar-refractivity contribution in [1.29, 1.82) is 0 Å². The fraction of sp³-hybridized carbons (Fsp3) is 0.143. The van der Waals surface area contributed by atoms with Gasteiger partial charge < -0.3 is 11.1 Å². The van der Waals surface area contributed by atoms with Crippen molar-refractivity contribution in [1.82, 2.24) is 25.5 Å². The summed E-state index contributed by atoms with van der Waals surface area (Å²) in [6, 6.07) is 11.1. The van der Waals surface area contributed by atoms with Crippen molar-refractivity contribution in [3.63, 3.8) is 0 Å². The summed E-state index contributed by atoms with van der Waals surface area (Å²) >= 11 is 6.06. The SMILES string of the molecule is NCc1ncccc1Cc1cncc(C(=O)NCc2[nH]nc3ccc(Cl)cc23)c1. The minimum absolute atomic E-state index is 0.214. The zero-order valence-corrected chi connectivity index (χ0v) is 16.3. The number of hydrogen-bond acceptors (Lipinski definition) is 5. The van der Waals surface area contributed by atoms with Crippen molar-refractivity contribution in [2.75, 3.05) is 0 Å². The molecule has 0 saturated heterocycles. The predicted molar refractivity (Wildman–Crippen MR) is 111 cm³/mol. The monoisotopic (exact) mass is 406 g/mol. The van der Waals surface area contributed by atoms with E-state index in [1.165, 1.54) is 0 Å². The quantitative estimate of drug-likeness (QED) is 0.456. The molecule has 1 amide bonds. The molecule has 1 aromatic carbocycles. The molecule has 7 nitrogen and oxygen atoms in total. The fourth-order valence-electron chi connectivity index (χ4n) is 3.19. The number of fused-ring (bicyclic) bond motifs is 1. The lowest BCUT2D eigenvalue weighted by Gasteiger charge is -2.08. The van der Waals surface area contributed by atoms with Crippen molar-refractivity contribution < 1.29 is 4.79 Å². The Morgan fingerprint density at radius 3 is 2.97 bits per heavy atom. The summed E-state index contributed by atoms with van der Waals surface area (Å²) < 4.78 is 0. The number of halogens is 1. The molecular formula is C21H19ClN6O. The molecule has 0 radical (unpaired) electrons. The molecule has 4 rings (SSSR count). The van der Waals surface area contributed by atoms with E-state index in [2.05, 4.69) is 25.5 Å². The van der Waals surface area contributed by atoms with Crippen LogP contribution in [0.15, 0.2) is 55.0 Å². The minimum Gasteiger partial charge on any atom is -0.346 e. The molecule has 0 unspecified atom stereocenters. The maximum Gasteiger partial charge on any atom is 0.253 e. The number of aromatic nitrogens is 4. The molecule has 29 heavy (non-hydrogen) atoms. The molecule has 3 heterocycles. The Morgan fingerprint density at radius 2 is 2.10 bits per heavy atom. The van der Waals surface area contributed by atoms with E-state index in [-0.39, 0.29) is 5.91 Å². The number of H-pyrrole nitrogens is 1. The molecule has 0 spiro atoms. The number of amides is 1. The molecule has 146 valence electrons. The van der Waals surface area contributed by atoms with E-state index in [9.17, 15) is 4.79 Å². The van der Waals surface area contributed by atoms with Gasteiger partial charge in [0, 0.05) is 42.0 Å². The molecule has 8 heteroatoms. The third-order valence-electron chi connectivity index (χ3n) is 4.65. The van der Waals surface area contributed by atoms with Gasteiger partial charge in [-0.2, -0.15) is 5.10 Å². The number of aromatic amines is 1. The van der Waals surface area contributed by atoms with Gasteiger partial charge in [0.25, 0.3) is 5.91 Å². The molecule has 0 aliphatic rings. The molecule has 0 saturated carbocycles. The average Bonchev–Trinajstić information content (AvgIpc) is 3.14. The number of carbonyl (C=O) groups excluding carboxylic acids is 1. The second-order valence-electron chi connectivity index (χ2n) is 6.62. The van der Waals surface area contributed by atoms with E-state index >= 15 is 0 Å². The van der Waals surface area contributed by atoms with Crippen LogP contribution in [-0.4, -0.2) is 26.1 Å². The van der Waals surface area contributed by atoms with Gasteiger partial charge in [0.2, 0.25) is 0 Å². The maximum absolute atomic E-state index is 12.6. The Labute approximate surface area is 172 Å². The van der Waals surface area contributed by atoms with Crippen LogP contribution in [0.3, 0.4) is 0 Å². The van der Waals surface area contributed by atoms with Crippen molar-refractivity contribution in [2.24, 2.45) is 5.73 Å². The van der Waals surface area contributed by atoms with Crippen LogP contribution in [0, 0.1) is 0 Å². The topological polar surface area (TPSA) is 110 Å². The lowest BCUT2D eigenvalue weighted by Crippen LogP contribution is -2.23. The van der Waals surface area contributed by atoms with E-state index in [1.54, 1.807) is 24.7 Å². The van der Waals surface area contributed by atoms with E-state index < -0.39 is 0 Å². The minimum atomic E-state index is -0.214. The Kier molecular flexibility index (Phi) is 5.50. The number of rotatable bonds is 6. The Balaban J connectivity index is 1.47. The predicted octanol–water partition coefficient (Wildman–Crippen LogP) is 2.99. The lowest BCUT2D eigenvalue weighted by atomic mass is 10.0. The third kappa shape index (κ3) is 4.26. The molecule has 0 fully saturated rings. The van der Waals surface area contributed by atoms with Crippen molar-refractivity contribution in [2.45, 2.75) is 19.5 Å². The van der Waals surface area contributed by atoms with Gasteiger partial charge in [0.15, 0.2) is 0 Å². The van der Waals surface area contributed by atoms with Crippen molar-refractivity contribution in [3.8, 4) is 0 Å². The van der Waals surface area contributed by atoms with Crippen LogP contribution < -0.4 is 11.1 Å². The highest BCUT2D eigenvalue weighted by Crippen LogP contribution is 2.20. The fourth-order valence-corrected chi connectivity index (χ4v) is 3.36. The first-order chi connectivity index (χ1) is 14.1. The van der Waals surface area contributed by atoms with Gasteiger partial charge in [-0.3, -0.25) is 19.9 Å². The van der Waals surface area contributed by atoms with Crippen LogP contribution in [-0.2, 0) is 19.5 Å². The van der Waals surface area contributed by atoms with Gasteiger partial charge in [-0.05, 0) is 41.5 Å². The van der Waals surface area contributed by atoms with Gasteiger partial charge in [0.05, 0.1) is 29.0 Å². The Hall–Kier alpha value is -3.29. The lowest BCUT2D eigenvalue weighted by molar-refractivity contribution is 0.0950. The van der Waals surface area contributed by atoms with Crippen LogP contribution in [0.1, 0.15) is 32.9 Å². The standard InChI is InChI=1S/C21H19ClN6O/c22-16-3-4-18-17(8-16)20(28-27-18)12-26-21(29)15-7-13(10-24-11-15)6-14-2-1-5-25-19(14)9-23/h1-5,7-8,10-11H,6,9,12,23H2,(H,26,29)(H,27,28). The summed E-state index contributed by atoms with van der Waals surface area (Å²) in [4.78, 5) is 21.1. The highest BCUT2D eigenvalue weighted by Gasteiger charge is 2.11. The molecule has 0 aliphatic heterocycles. The number of pyridine rings is 2. The molecule has 4 N–H and O–H groups in total. The molecule has 0 aliphatic carbocycles. The largest absolute Gasteiger partial charge is 0.346 e. The number of hydrogen-bond donors (Lipinski definition) is 3. The maximum atomic E-state index is 12.6. The first kappa shape index (κ1) is 19.0. The van der Waals surface area contributed by atoms with E-state index in [0.29, 0.717) is 30.1 Å². The summed E-state index contributed by atoms with van der Waals surface area (Å²) in [5.74, 6) is -0.214. The van der Waals surface area contributed by atoms with E-state index in [4.69, 9.17) is 17.3 Å². The van der Waals surface area contributed by atoms with Crippen molar-refractivity contribution in [3.05, 3.63) is 88.1 Å². The number of nitrogens with two attached hydrogens (primary N) is 1. The highest BCUT2D eigenvalue weighted by molar-refractivity contribution is 6.31. The van der Waals surface area contributed by atoms with E-state index in [1.807, 2.05) is 30.3 Å². The normalized spacial score (nSPS) is 11.0. The zero-order valence-electron chi connectivity index (χ0n) is 15.5. The van der Waals surface area contributed by atoms with Gasteiger partial charge in [-0.15, -0.1) is 0 Å². The van der Waals surface area contributed by atoms with Crippen LogP contribution in [0.4, 0.5) is 0 Å². The Morgan fingerprint density at radius 1 is 1.21 bits per heavy atom. The summed E-state index contributed by atoms with van der Waals surface area (Å²) in [6.45, 7) is 0.672. The number of benzene rings is 1. The third-order valence-corrected chi connectivity index (χ3v) is 4.89. The van der Waals surface area contributed by atoms with Gasteiger partial charge >= 0.3 is 0 Å².